The fraction of sp³-hybridized carbons (Fsp3) is 0.0588. The quantitative estimate of drug-likeness (QED) is 0.773. The van der Waals surface area contributed by atoms with Crippen LogP contribution in [-0.4, -0.2) is 15.7 Å². The summed E-state index contributed by atoms with van der Waals surface area (Å²) in [6, 6.07) is 17.5. The zero-order valence-electron chi connectivity index (χ0n) is 12.1. The molecule has 0 saturated heterocycles. The zero-order valence-corrected chi connectivity index (χ0v) is 12.9. The molecule has 0 atom stereocenters. The Balaban J connectivity index is 1.72. The van der Waals surface area contributed by atoms with Gasteiger partial charge in [-0.2, -0.15) is 0 Å². The Labute approximate surface area is 137 Å². The largest absolute Gasteiger partial charge is 0.311 e. The second-order valence-electron chi connectivity index (χ2n) is 5.03. The third kappa shape index (κ3) is 3.70. The summed E-state index contributed by atoms with van der Waals surface area (Å²) in [5.41, 5.74) is 1.31. The van der Waals surface area contributed by atoms with Crippen LogP contribution in [0, 0.1) is 0 Å². The van der Waals surface area contributed by atoms with E-state index in [4.69, 9.17) is 11.6 Å². The van der Waals surface area contributed by atoms with E-state index in [1.165, 1.54) is 10.7 Å². The molecule has 23 heavy (non-hydrogen) atoms. The Hall–Kier alpha value is -2.79. The number of hydrogen-bond acceptors (Lipinski definition) is 2. The number of aromatic nitrogens is 2. The minimum absolute atomic E-state index is 0.204. The van der Waals surface area contributed by atoms with E-state index in [1.54, 1.807) is 36.4 Å². The first-order valence-corrected chi connectivity index (χ1v) is 7.41. The smallest absolute Gasteiger partial charge is 0.273 e. The van der Waals surface area contributed by atoms with Gasteiger partial charge >= 0.3 is 0 Å². The number of carbonyl (C=O) groups is 1. The molecule has 0 bridgehead atoms. The molecule has 1 amide bonds. The van der Waals surface area contributed by atoms with Crippen LogP contribution in [0.3, 0.4) is 0 Å². The number of hydrogen-bond donors (Lipinski definition) is 2. The molecule has 2 N–H and O–H groups in total. The van der Waals surface area contributed by atoms with Crippen molar-refractivity contribution in [3.05, 3.63) is 81.6 Å². The number of H-pyrrole nitrogens is 1. The molecule has 0 aliphatic carbocycles. The summed E-state index contributed by atoms with van der Waals surface area (Å²) in [7, 11) is 0. The van der Waals surface area contributed by atoms with Crippen molar-refractivity contribution in [2.24, 2.45) is 0 Å². The third-order valence-electron chi connectivity index (χ3n) is 3.29. The average Bonchev–Trinajstić information content (AvgIpc) is 2.91. The van der Waals surface area contributed by atoms with Gasteiger partial charge in [0.25, 0.3) is 5.56 Å². The van der Waals surface area contributed by atoms with E-state index in [9.17, 15) is 9.59 Å². The van der Waals surface area contributed by atoms with Crippen LogP contribution in [0.4, 0.5) is 5.82 Å². The molecule has 0 radical (unpaired) electrons. The predicted octanol–water partition coefficient (Wildman–Crippen LogP) is 3.00. The molecule has 1 aromatic heterocycles. The summed E-state index contributed by atoms with van der Waals surface area (Å²) in [5.74, 6) is 0.145. The fourth-order valence-electron chi connectivity index (χ4n) is 2.21. The number of carbonyl (C=O) groups excluding carboxylic acids is 1. The van der Waals surface area contributed by atoms with Crippen LogP contribution in [0.2, 0.25) is 5.02 Å². The summed E-state index contributed by atoms with van der Waals surface area (Å²) in [4.78, 5) is 24.0. The van der Waals surface area contributed by atoms with Gasteiger partial charge in [0.15, 0.2) is 0 Å². The van der Waals surface area contributed by atoms with Crippen molar-refractivity contribution < 1.29 is 4.79 Å². The van der Waals surface area contributed by atoms with E-state index in [0.717, 1.165) is 5.56 Å². The first-order valence-electron chi connectivity index (χ1n) is 7.03. The van der Waals surface area contributed by atoms with Gasteiger partial charge in [-0.05, 0) is 29.8 Å². The highest BCUT2D eigenvalue weighted by Crippen LogP contribution is 2.11. The van der Waals surface area contributed by atoms with E-state index < -0.39 is 0 Å². The maximum Gasteiger partial charge on any atom is 0.273 e. The zero-order chi connectivity index (χ0) is 16.2. The number of anilines is 1. The van der Waals surface area contributed by atoms with E-state index in [2.05, 4.69) is 10.4 Å². The van der Waals surface area contributed by atoms with Gasteiger partial charge in [0, 0.05) is 11.1 Å². The first-order chi connectivity index (χ1) is 11.1. The van der Waals surface area contributed by atoms with Crippen molar-refractivity contribution in [2.75, 3.05) is 5.32 Å². The van der Waals surface area contributed by atoms with Gasteiger partial charge in [0.1, 0.15) is 5.82 Å². The van der Waals surface area contributed by atoms with Crippen LogP contribution in [0.1, 0.15) is 5.56 Å². The second kappa shape index (κ2) is 6.54. The molecule has 6 heteroatoms. The Bertz CT molecular complexity index is 867. The molecule has 0 fully saturated rings. The van der Waals surface area contributed by atoms with E-state index in [-0.39, 0.29) is 17.9 Å². The van der Waals surface area contributed by atoms with E-state index in [0.29, 0.717) is 16.5 Å². The Morgan fingerprint density at radius 1 is 1.09 bits per heavy atom. The maximum atomic E-state index is 12.0. The third-order valence-corrected chi connectivity index (χ3v) is 3.54. The minimum atomic E-state index is -0.238. The molecule has 0 aliphatic rings. The Morgan fingerprint density at radius 2 is 1.78 bits per heavy atom. The molecular weight excluding hydrogens is 314 g/mol. The summed E-state index contributed by atoms with van der Waals surface area (Å²) in [6.45, 7) is 0. The van der Waals surface area contributed by atoms with Crippen molar-refractivity contribution in [1.82, 2.24) is 9.78 Å². The lowest BCUT2D eigenvalue weighted by molar-refractivity contribution is -0.115. The molecule has 0 unspecified atom stereocenters. The molecule has 116 valence electrons. The van der Waals surface area contributed by atoms with Crippen molar-refractivity contribution >= 4 is 23.3 Å². The lowest BCUT2D eigenvalue weighted by atomic mass is 10.1. The number of amides is 1. The first kappa shape index (κ1) is 15.1. The maximum absolute atomic E-state index is 12.0. The minimum Gasteiger partial charge on any atom is -0.311 e. The van der Waals surface area contributed by atoms with Crippen molar-refractivity contribution in [3.8, 4) is 5.69 Å². The second-order valence-corrected chi connectivity index (χ2v) is 5.47. The molecule has 0 aliphatic heterocycles. The van der Waals surface area contributed by atoms with Gasteiger partial charge in [0.05, 0.1) is 12.1 Å². The van der Waals surface area contributed by atoms with Crippen LogP contribution in [-0.2, 0) is 11.2 Å². The number of nitrogens with zero attached hydrogens (tertiary/aromatic N) is 1. The van der Waals surface area contributed by atoms with E-state index in [1.807, 2.05) is 18.2 Å². The van der Waals surface area contributed by atoms with Crippen LogP contribution in [0.5, 0.6) is 0 Å². The van der Waals surface area contributed by atoms with Gasteiger partial charge < -0.3 is 5.32 Å². The summed E-state index contributed by atoms with van der Waals surface area (Å²) in [6.07, 6.45) is 0.204. The van der Waals surface area contributed by atoms with E-state index >= 15 is 0 Å². The van der Waals surface area contributed by atoms with Crippen LogP contribution >= 0.6 is 11.6 Å². The van der Waals surface area contributed by atoms with Crippen LogP contribution < -0.4 is 10.9 Å². The van der Waals surface area contributed by atoms with Crippen molar-refractivity contribution in [1.29, 1.82) is 0 Å². The van der Waals surface area contributed by atoms with Gasteiger partial charge in [-0.15, -0.1) is 0 Å². The molecule has 3 aromatic rings. The van der Waals surface area contributed by atoms with Crippen molar-refractivity contribution in [2.45, 2.75) is 6.42 Å². The van der Waals surface area contributed by atoms with Gasteiger partial charge in [-0.3, -0.25) is 14.7 Å². The van der Waals surface area contributed by atoms with Gasteiger partial charge in [-0.1, -0.05) is 41.9 Å². The molecule has 0 spiro atoms. The normalized spacial score (nSPS) is 10.5. The van der Waals surface area contributed by atoms with Crippen molar-refractivity contribution in [3.63, 3.8) is 0 Å². The van der Waals surface area contributed by atoms with Crippen LogP contribution in [0.25, 0.3) is 5.69 Å². The highest BCUT2D eigenvalue weighted by atomic mass is 35.5. The molecule has 3 rings (SSSR count). The Morgan fingerprint density at radius 3 is 2.48 bits per heavy atom. The SMILES string of the molecule is O=C(Cc1ccc(Cl)cc1)Nc1cc(=O)n(-c2ccccc2)[nH]1. The highest BCUT2D eigenvalue weighted by molar-refractivity contribution is 6.30. The molecule has 2 aromatic carbocycles. The number of aromatic amines is 1. The van der Waals surface area contributed by atoms with Gasteiger partial charge in [-0.25, -0.2) is 4.68 Å². The molecule has 1 heterocycles. The lowest BCUT2D eigenvalue weighted by Crippen LogP contribution is -2.15. The number of benzene rings is 2. The standard InChI is InChI=1S/C17H14ClN3O2/c18-13-8-6-12(7-9-13)10-16(22)19-15-11-17(23)21(20-15)14-4-2-1-3-5-14/h1-9,11,20H,10H2,(H,19,22). The summed E-state index contributed by atoms with van der Waals surface area (Å²) < 4.78 is 1.37. The highest BCUT2D eigenvalue weighted by Gasteiger charge is 2.09. The monoisotopic (exact) mass is 327 g/mol. The summed E-state index contributed by atoms with van der Waals surface area (Å²) >= 11 is 5.81. The predicted molar refractivity (Wildman–Crippen MR) is 90.2 cm³/mol. The topological polar surface area (TPSA) is 66.9 Å². The molecular formula is C17H14ClN3O2. The number of para-hydroxylation sites is 1. The van der Waals surface area contributed by atoms with Crippen LogP contribution in [0.15, 0.2) is 65.5 Å². The van der Waals surface area contributed by atoms with Gasteiger partial charge in [0.2, 0.25) is 5.91 Å². The lowest BCUT2D eigenvalue weighted by Gasteiger charge is -2.04. The average molecular weight is 328 g/mol. The number of halogens is 1. The molecule has 5 nitrogen and oxygen atoms in total. The molecule has 0 saturated carbocycles. The summed E-state index contributed by atoms with van der Waals surface area (Å²) in [5, 5.41) is 6.19. The Kier molecular flexibility index (Phi) is 4.30. The fourth-order valence-corrected chi connectivity index (χ4v) is 2.34. The number of nitrogens with one attached hydrogen (secondary N) is 2. The number of rotatable bonds is 4.